The predicted molar refractivity (Wildman–Crippen MR) is 144 cm³/mol. The summed E-state index contributed by atoms with van der Waals surface area (Å²) in [7, 11) is 1.39. The molecule has 1 unspecified atom stereocenters. The van der Waals surface area contributed by atoms with Crippen LogP contribution in [0.3, 0.4) is 0 Å². The van der Waals surface area contributed by atoms with E-state index >= 15 is 0 Å². The first-order valence-electron chi connectivity index (χ1n) is 13.4. The maximum absolute atomic E-state index is 13.3. The van der Waals surface area contributed by atoms with Crippen molar-refractivity contribution in [1.29, 1.82) is 0 Å². The predicted octanol–water partition coefficient (Wildman–Crippen LogP) is 3.81. The molecule has 0 radical (unpaired) electrons. The molecule has 39 heavy (non-hydrogen) atoms. The number of carbonyl (C=O) groups excluding carboxylic acids is 2. The van der Waals surface area contributed by atoms with Gasteiger partial charge in [-0.3, -0.25) is 19.6 Å². The van der Waals surface area contributed by atoms with E-state index < -0.39 is 17.7 Å². The molecule has 4 rings (SSSR count). The number of amides is 1. The molecule has 1 saturated heterocycles. The summed E-state index contributed by atoms with van der Waals surface area (Å²) in [6.45, 7) is 8.64. The van der Waals surface area contributed by atoms with Gasteiger partial charge in [-0.15, -0.1) is 0 Å². The lowest BCUT2D eigenvalue weighted by Gasteiger charge is -2.40. The van der Waals surface area contributed by atoms with E-state index in [4.69, 9.17) is 23.7 Å². The molecule has 2 aliphatic heterocycles. The van der Waals surface area contributed by atoms with Crippen LogP contribution in [0.4, 0.5) is 4.79 Å². The van der Waals surface area contributed by atoms with E-state index in [2.05, 4.69) is 9.88 Å². The third-order valence-corrected chi connectivity index (χ3v) is 6.69. The molecule has 10 nitrogen and oxygen atoms in total. The summed E-state index contributed by atoms with van der Waals surface area (Å²) in [5.74, 6) is 0.901. The number of fused-ring (bicyclic) bond motifs is 1. The van der Waals surface area contributed by atoms with Crippen molar-refractivity contribution in [3.05, 3.63) is 53.9 Å². The second kappa shape index (κ2) is 13.1. The first-order valence-corrected chi connectivity index (χ1v) is 13.4. The van der Waals surface area contributed by atoms with Crippen LogP contribution in [-0.4, -0.2) is 84.6 Å². The molecule has 1 aromatic carbocycles. The van der Waals surface area contributed by atoms with Crippen LogP contribution in [0, 0.1) is 0 Å². The van der Waals surface area contributed by atoms with Gasteiger partial charge in [-0.25, -0.2) is 4.79 Å². The molecule has 1 amide bonds. The molecule has 0 aliphatic carbocycles. The SMILES string of the molecule is COC(=O)C(COCc1ccccc1)N1CCC(N(Cc2cc3c(cn2)OCCO3)C(=O)OC(C)(C)C)CC1. The molecule has 0 saturated carbocycles. The van der Waals surface area contributed by atoms with Gasteiger partial charge in [0.25, 0.3) is 0 Å². The monoisotopic (exact) mass is 541 g/mol. The number of ether oxygens (including phenoxy) is 5. The summed E-state index contributed by atoms with van der Waals surface area (Å²) < 4.78 is 28.0. The van der Waals surface area contributed by atoms with Crippen LogP contribution in [0.5, 0.6) is 11.5 Å². The lowest BCUT2D eigenvalue weighted by Crippen LogP contribution is -2.53. The third kappa shape index (κ3) is 8.06. The second-order valence-corrected chi connectivity index (χ2v) is 10.7. The summed E-state index contributed by atoms with van der Waals surface area (Å²) in [5.41, 5.74) is 1.09. The molecule has 1 fully saturated rings. The molecule has 1 atom stereocenters. The van der Waals surface area contributed by atoms with Gasteiger partial charge in [0.05, 0.1) is 38.8 Å². The van der Waals surface area contributed by atoms with Gasteiger partial charge in [-0.1, -0.05) is 30.3 Å². The molecule has 0 N–H and O–H groups in total. The van der Waals surface area contributed by atoms with Crippen molar-refractivity contribution >= 4 is 12.1 Å². The summed E-state index contributed by atoms with van der Waals surface area (Å²) in [4.78, 5) is 34.3. The van der Waals surface area contributed by atoms with Gasteiger partial charge in [-0.2, -0.15) is 0 Å². The lowest BCUT2D eigenvalue weighted by atomic mass is 10.0. The fraction of sp³-hybridized carbons (Fsp3) is 0.552. The van der Waals surface area contributed by atoms with Crippen molar-refractivity contribution < 1.29 is 33.3 Å². The van der Waals surface area contributed by atoms with Crippen LogP contribution in [-0.2, 0) is 32.2 Å². The minimum atomic E-state index is -0.637. The van der Waals surface area contributed by atoms with Gasteiger partial charge in [0.2, 0.25) is 0 Å². The maximum Gasteiger partial charge on any atom is 0.410 e. The number of methoxy groups -OCH3 is 1. The Kier molecular flexibility index (Phi) is 9.63. The zero-order valence-corrected chi connectivity index (χ0v) is 23.3. The number of carbonyl (C=O) groups is 2. The van der Waals surface area contributed by atoms with E-state index in [1.165, 1.54) is 7.11 Å². The van der Waals surface area contributed by atoms with Crippen LogP contribution in [0.1, 0.15) is 44.9 Å². The highest BCUT2D eigenvalue weighted by Crippen LogP contribution is 2.31. The number of hydrogen-bond acceptors (Lipinski definition) is 9. The number of esters is 1. The normalized spacial score (nSPS) is 16.8. The Bertz CT molecular complexity index is 1100. The van der Waals surface area contributed by atoms with E-state index in [0.29, 0.717) is 62.9 Å². The molecule has 2 aromatic rings. The summed E-state index contributed by atoms with van der Waals surface area (Å²) in [6.07, 6.45) is 2.57. The van der Waals surface area contributed by atoms with Crippen LogP contribution < -0.4 is 9.47 Å². The van der Waals surface area contributed by atoms with E-state index in [0.717, 1.165) is 5.56 Å². The third-order valence-electron chi connectivity index (χ3n) is 6.69. The van der Waals surface area contributed by atoms with Gasteiger partial charge < -0.3 is 23.7 Å². The average Bonchev–Trinajstić information content (AvgIpc) is 2.93. The largest absolute Gasteiger partial charge is 0.486 e. The van der Waals surface area contributed by atoms with Crippen LogP contribution >= 0.6 is 0 Å². The van der Waals surface area contributed by atoms with Crippen LogP contribution in [0.2, 0.25) is 0 Å². The zero-order valence-electron chi connectivity index (χ0n) is 23.3. The highest BCUT2D eigenvalue weighted by molar-refractivity contribution is 5.75. The Hall–Kier alpha value is -3.37. The van der Waals surface area contributed by atoms with E-state index in [-0.39, 0.29) is 25.2 Å². The molecule has 1 aromatic heterocycles. The van der Waals surface area contributed by atoms with Crippen molar-refractivity contribution in [3.8, 4) is 11.5 Å². The van der Waals surface area contributed by atoms with E-state index in [1.807, 2.05) is 57.2 Å². The molecule has 0 bridgehead atoms. The number of benzene rings is 1. The first-order chi connectivity index (χ1) is 18.7. The van der Waals surface area contributed by atoms with E-state index in [9.17, 15) is 9.59 Å². The van der Waals surface area contributed by atoms with Gasteiger partial charge in [0.15, 0.2) is 11.5 Å². The number of nitrogens with zero attached hydrogens (tertiary/aromatic N) is 3. The molecule has 3 heterocycles. The topological polar surface area (TPSA) is 99.7 Å². The standard InChI is InChI=1S/C29H39N3O7/c1-29(2,3)39-28(34)32(18-22-16-25-26(17-30-22)38-15-14-37-25)23-10-12-31(13-11-23)24(27(33)35-4)20-36-19-21-8-6-5-7-9-21/h5-9,16-17,23-24H,10-15,18-20H2,1-4H3. The number of likely N-dealkylation sites (tertiary alicyclic amines) is 1. The molecular formula is C29H39N3O7. The molecule has 0 spiro atoms. The minimum absolute atomic E-state index is 0.0883. The molecule has 212 valence electrons. The summed E-state index contributed by atoms with van der Waals surface area (Å²) in [5, 5.41) is 0. The fourth-order valence-electron chi connectivity index (χ4n) is 4.74. The average molecular weight is 542 g/mol. The number of pyridine rings is 1. The fourth-order valence-corrected chi connectivity index (χ4v) is 4.74. The van der Waals surface area contributed by atoms with Gasteiger partial charge in [-0.05, 0) is 39.2 Å². The Morgan fingerprint density at radius 3 is 2.46 bits per heavy atom. The highest BCUT2D eigenvalue weighted by atomic mass is 16.6. The van der Waals surface area contributed by atoms with Crippen molar-refractivity contribution in [3.63, 3.8) is 0 Å². The van der Waals surface area contributed by atoms with Crippen LogP contribution in [0.15, 0.2) is 42.6 Å². The van der Waals surface area contributed by atoms with Crippen molar-refractivity contribution in [1.82, 2.24) is 14.8 Å². The van der Waals surface area contributed by atoms with Crippen molar-refractivity contribution in [2.75, 3.05) is 40.0 Å². The zero-order chi connectivity index (χ0) is 27.8. The number of aromatic nitrogens is 1. The summed E-state index contributed by atoms with van der Waals surface area (Å²) in [6, 6.07) is 11.1. The lowest BCUT2D eigenvalue weighted by molar-refractivity contribution is -0.150. The molecule has 10 heteroatoms. The number of piperidine rings is 1. The Balaban J connectivity index is 1.41. The van der Waals surface area contributed by atoms with Crippen molar-refractivity contribution in [2.24, 2.45) is 0 Å². The number of rotatable bonds is 9. The summed E-state index contributed by atoms with van der Waals surface area (Å²) >= 11 is 0. The maximum atomic E-state index is 13.3. The quantitative estimate of drug-likeness (QED) is 0.439. The smallest absolute Gasteiger partial charge is 0.410 e. The first kappa shape index (κ1) is 28.6. The second-order valence-electron chi connectivity index (χ2n) is 10.7. The number of hydrogen-bond donors (Lipinski definition) is 0. The Labute approximate surface area is 230 Å². The Morgan fingerprint density at radius 2 is 1.79 bits per heavy atom. The van der Waals surface area contributed by atoms with Gasteiger partial charge >= 0.3 is 12.1 Å². The van der Waals surface area contributed by atoms with E-state index in [1.54, 1.807) is 11.1 Å². The van der Waals surface area contributed by atoms with Crippen molar-refractivity contribution in [2.45, 2.75) is 64.4 Å². The molecule has 2 aliphatic rings. The Morgan fingerprint density at radius 1 is 1.10 bits per heavy atom. The minimum Gasteiger partial charge on any atom is -0.486 e. The molecular weight excluding hydrogens is 502 g/mol. The van der Waals surface area contributed by atoms with Crippen LogP contribution in [0.25, 0.3) is 0 Å². The van der Waals surface area contributed by atoms with Gasteiger partial charge in [0, 0.05) is 25.2 Å². The van der Waals surface area contributed by atoms with Gasteiger partial charge in [0.1, 0.15) is 24.9 Å². The highest BCUT2D eigenvalue weighted by Gasteiger charge is 2.36.